The topological polar surface area (TPSA) is 38.0 Å². The fraction of sp³-hybridized carbons (Fsp3) is 0.116. The van der Waals surface area contributed by atoms with Gasteiger partial charge in [0.25, 0.3) is 0 Å². The summed E-state index contributed by atoms with van der Waals surface area (Å²) in [5, 5.41) is 13.7. The Hall–Kier alpha value is -6.31. The predicted molar refractivity (Wildman–Crippen MR) is 195 cm³/mol. The highest BCUT2D eigenvalue weighted by Gasteiger charge is 2.35. The molecule has 0 amide bonds. The number of benzene rings is 6. The van der Waals surface area contributed by atoms with E-state index in [1.807, 2.05) is 116 Å². The van der Waals surface area contributed by atoms with Gasteiger partial charge in [-0.1, -0.05) is 54.6 Å². The summed E-state index contributed by atoms with van der Waals surface area (Å²) in [6, 6.07) is 32.9. The van der Waals surface area contributed by atoms with E-state index >= 15 is 0 Å². The van der Waals surface area contributed by atoms with Crippen molar-refractivity contribution in [1.82, 2.24) is 9.13 Å². The second kappa shape index (κ2) is 11.1. The Morgan fingerprint density at radius 3 is 1.42 bits per heavy atom. The van der Waals surface area contributed by atoms with Crippen LogP contribution in [0.5, 0.6) is 0 Å². The Balaban J connectivity index is 1.60. The zero-order chi connectivity index (χ0) is 35.1. The van der Waals surface area contributed by atoms with Crippen LogP contribution in [0.2, 0.25) is 0 Å². The molecule has 0 atom stereocenters. The second-order valence-corrected chi connectivity index (χ2v) is 12.9. The number of rotatable bonds is 3. The van der Waals surface area contributed by atoms with Crippen molar-refractivity contribution in [2.75, 3.05) is 0 Å². The molecule has 50 heavy (non-hydrogen) atoms. The van der Waals surface area contributed by atoms with Gasteiger partial charge in [-0.3, -0.25) is 0 Å². The van der Waals surface area contributed by atoms with E-state index in [0.717, 1.165) is 71.9 Å². The molecule has 2 heterocycles. The van der Waals surface area contributed by atoms with Gasteiger partial charge in [0.05, 0.1) is 51.5 Å². The molecule has 0 aliphatic heterocycles. The number of nitriles is 1. The molecule has 242 valence electrons. The highest BCUT2D eigenvalue weighted by Crippen LogP contribution is 2.47. The summed E-state index contributed by atoms with van der Waals surface area (Å²) in [5.41, 5.74) is 7.98. The van der Waals surface area contributed by atoms with E-state index in [4.69, 9.17) is 6.57 Å². The standard InChI is InChI=1S/C43H29F3N4/c1-24-10-6-14-33-39(24)40-25(2)11-7-15-34(40)49(33)37-22-32(48-5)38(21-30(37)29-19-18-28(23-47)20-31(29)43(44,45)46)50-35-16-8-12-26(3)41(35)42-27(4)13-9-17-36(42)50/h6-22H,1-4H3. The van der Waals surface area contributed by atoms with Crippen LogP contribution in [0, 0.1) is 45.6 Å². The van der Waals surface area contributed by atoms with Crippen molar-refractivity contribution < 1.29 is 13.2 Å². The SMILES string of the molecule is [C-]#[N+]c1cc(-n2c3cccc(C)c3c3c(C)cccc32)c(-c2ccc(C#N)cc2C(F)(F)F)cc1-n1c2cccc(C)c2c2c(C)cccc21. The van der Waals surface area contributed by atoms with Crippen molar-refractivity contribution in [3.63, 3.8) is 0 Å². The molecule has 2 aromatic heterocycles. The summed E-state index contributed by atoms with van der Waals surface area (Å²) in [5.74, 6) is 0. The van der Waals surface area contributed by atoms with E-state index in [1.165, 1.54) is 12.1 Å². The summed E-state index contributed by atoms with van der Waals surface area (Å²) in [6.45, 7) is 16.6. The van der Waals surface area contributed by atoms with Crippen molar-refractivity contribution in [3.8, 4) is 28.6 Å². The largest absolute Gasteiger partial charge is 0.417 e. The summed E-state index contributed by atoms with van der Waals surface area (Å²) < 4.78 is 49.0. The Labute approximate surface area is 286 Å². The van der Waals surface area contributed by atoms with Crippen molar-refractivity contribution in [3.05, 3.63) is 148 Å². The average molecular weight is 659 g/mol. The number of aryl methyl sites for hydroxylation is 4. The van der Waals surface area contributed by atoms with Gasteiger partial charge in [0, 0.05) is 32.8 Å². The van der Waals surface area contributed by atoms with Crippen LogP contribution in [0.4, 0.5) is 18.9 Å². The first-order valence-corrected chi connectivity index (χ1v) is 16.2. The van der Waals surface area contributed by atoms with Crippen molar-refractivity contribution in [2.24, 2.45) is 0 Å². The highest BCUT2D eigenvalue weighted by molar-refractivity contribution is 6.14. The van der Waals surface area contributed by atoms with Gasteiger partial charge in [-0.05, 0) is 104 Å². The van der Waals surface area contributed by atoms with Crippen LogP contribution in [-0.4, -0.2) is 9.13 Å². The van der Waals surface area contributed by atoms with Crippen LogP contribution in [0.25, 0.3) is 71.0 Å². The third-order valence-electron chi connectivity index (χ3n) is 9.91. The molecular weight excluding hydrogens is 629 g/mol. The predicted octanol–water partition coefficient (Wildman–Crippen LogP) is 12.2. The molecule has 0 N–H and O–H groups in total. The van der Waals surface area contributed by atoms with E-state index < -0.39 is 11.7 Å². The Morgan fingerprint density at radius 1 is 0.580 bits per heavy atom. The Kier molecular flexibility index (Phi) is 6.89. The van der Waals surface area contributed by atoms with Crippen LogP contribution >= 0.6 is 0 Å². The zero-order valence-electron chi connectivity index (χ0n) is 27.7. The van der Waals surface area contributed by atoms with E-state index in [0.29, 0.717) is 22.6 Å². The minimum Gasteiger partial charge on any atom is -0.319 e. The van der Waals surface area contributed by atoms with Gasteiger partial charge in [0.2, 0.25) is 5.69 Å². The van der Waals surface area contributed by atoms with Crippen LogP contribution in [-0.2, 0) is 6.18 Å². The molecule has 0 radical (unpaired) electrons. The quantitative estimate of drug-likeness (QED) is 0.174. The third-order valence-corrected chi connectivity index (χ3v) is 9.91. The zero-order valence-corrected chi connectivity index (χ0v) is 27.7. The summed E-state index contributed by atoms with van der Waals surface area (Å²) in [7, 11) is 0. The van der Waals surface area contributed by atoms with Gasteiger partial charge < -0.3 is 9.13 Å². The lowest BCUT2D eigenvalue weighted by molar-refractivity contribution is -0.137. The fourth-order valence-electron chi connectivity index (χ4n) is 7.75. The maximum absolute atomic E-state index is 15.0. The Morgan fingerprint density at radius 2 is 1.02 bits per heavy atom. The number of hydrogen-bond donors (Lipinski definition) is 0. The molecule has 0 unspecified atom stereocenters. The first-order chi connectivity index (χ1) is 24.0. The lowest BCUT2D eigenvalue weighted by Crippen LogP contribution is -2.09. The molecule has 0 saturated heterocycles. The van der Waals surface area contributed by atoms with Gasteiger partial charge in [0.1, 0.15) is 0 Å². The fourth-order valence-corrected chi connectivity index (χ4v) is 7.75. The van der Waals surface area contributed by atoms with Gasteiger partial charge >= 0.3 is 6.18 Å². The van der Waals surface area contributed by atoms with E-state index in [9.17, 15) is 18.4 Å². The van der Waals surface area contributed by atoms with E-state index in [1.54, 1.807) is 12.1 Å². The first-order valence-electron chi connectivity index (χ1n) is 16.2. The molecule has 0 fully saturated rings. The molecule has 4 nitrogen and oxygen atoms in total. The molecule has 7 heteroatoms. The molecular formula is C43H29F3N4. The lowest BCUT2D eigenvalue weighted by Gasteiger charge is -2.21. The van der Waals surface area contributed by atoms with Crippen LogP contribution in [0.15, 0.2) is 103 Å². The number of halogens is 3. The van der Waals surface area contributed by atoms with Crippen LogP contribution in [0.3, 0.4) is 0 Å². The average Bonchev–Trinajstić information content (AvgIpc) is 3.63. The molecule has 0 bridgehead atoms. The number of alkyl halides is 3. The molecule has 0 spiro atoms. The highest BCUT2D eigenvalue weighted by atomic mass is 19.4. The monoisotopic (exact) mass is 658 g/mol. The maximum atomic E-state index is 15.0. The number of aromatic nitrogens is 2. The summed E-state index contributed by atoms with van der Waals surface area (Å²) in [6.07, 6.45) is -4.76. The minimum atomic E-state index is -4.76. The minimum absolute atomic E-state index is 0.0762. The molecule has 0 aliphatic carbocycles. The second-order valence-electron chi connectivity index (χ2n) is 12.9. The lowest BCUT2D eigenvalue weighted by atomic mass is 9.94. The third kappa shape index (κ3) is 4.44. The molecule has 6 aromatic carbocycles. The summed E-state index contributed by atoms with van der Waals surface area (Å²) >= 11 is 0. The van der Waals surface area contributed by atoms with Gasteiger partial charge in [-0.15, -0.1) is 0 Å². The molecule has 0 saturated carbocycles. The van der Waals surface area contributed by atoms with Crippen LogP contribution in [0.1, 0.15) is 33.4 Å². The summed E-state index contributed by atoms with van der Waals surface area (Å²) in [4.78, 5) is 4.03. The van der Waals surface area contributed by atoms with Crippen molar-refractivity contribution >= 4 is 49.3 Å². The van der Waals surface area contributed by atoms with Gasteiger partial charge in [-0.2, -0.15) is 18.4 Å². The number of fused-ring (bicyclic) bond motifs is 6. The number of hydrogen-bond acceptors (Lipinski definition) is 1. The van der Waals surface area contributed by atoms with Crippen LogP contribution < -0.4 is 0 Å². The molecule has 0 aliphatic rings. The van der Waals surface area contributed by atoms with Crippen molar-refractivity contribution in [1.29, 1.82) is 5.26 Å². The smallest absolute Gasteiger partial charge is 0.319 e. The van der Waals surface area contributed by atoms with Gasteiger partial charge in [0.15, 0.2) is 0 Å². The first kappa shape index (κ1) is 31.0. The van der Waals surface area contributed by atoms with E-state index in [-0.39, 0.29) is 11.1 Å². The van der Waals surface area contributed by atoms with Gasteiger partial charge in [-0.25, -0.2) is 4.85 Å². The maximum Gasteiger partial charge on any atom is 0.417 e. The molecule has 8 aromatic rings. The van der Waals surface area contributed by atoms with E-state index in [2.05, 4.69) is 4.85 Å². The molecule has 8 rings (SSSR count). The van der Waals surface area contributed by atoms with Crippen molar-refractivity contribution in [2.45, 2.75) is 33.9 Å². The number of nitrogens with zero attached hydrogens (tertiary/aromatic N) is 4. The normalized spacial score (nSPS) is 11.9. The Bertz CT molecular complexity index is 2700.